The Bertz CT molecular complexity index is 235. The molecule has 0 aromatic carbocycles. The van der Waals surface area contributed by atoms with Crippen molar-refractivity contribution < 1.29 is 4.74 Å². The second kappa shape index (κ2) is 2.52. The molecule has 72 valence electrons. The first kappa shape index (κ1) is 7.90. The van der Waals surface area contributed by atoms with Crippen molar-refractivity contribution in [1.29, 1.82) is 0 Å². The summed E-state index contributed by atoms with van der Waals surface area (Å²) in [5, 5.41) is 0. The Morgan fingerprint density at radius 3 is 3.08 bits per heavy atom. The molecule has 3 aliphatic carbocycles. The largest absolute Gasteiger partial charge is 0.495 e. The smallest absolute Gasteiger partial charge is 0.111 e. The third-order valence-electron chi connectivity index (χ3n) is 4.71. The fourth-order valence-electron chi connectivity index (χ4n) is 4.35. The third-order valence-corrected chi connectivity index (χ3v) is 4.71. The zero-order chi connectivity index (χ0) is 8.89. The predicted molar refractivity (Wildman–Crippen MR) is 52.2 cm³/mol. The molecule has 0 spiro atoms. The van der Waals surface area contributed by atoms with Crippen molar-refractivity contribution in [1.82, 2.24) is 0 Å². The topological polar surface area (TPSA) is 9.23 Å². The van der Waals surface area contributed by atoms with Crippen molar-refractivity contribution in [3.63, 3.8) is 0 Å². The predicted octanol–water partition coefficient (Wildman–Crippen LogP) is 3.12. The van der Waals surface area contributed by atoms with Crippen LogP contribution in [0.2, 0.25) is 0 Å². The number of fused-ring (bicyclic) bond motifs is 5. The van der Waals surface area contributed by atoms with Crippen LogP contribution in [0, 0.1) is 17.8 Å². The Labute approximate surface area is 80.2 Å². The normalized spacial score (nSPS) is 52.2. The lowest BCUT2D eigenvalue weighted by atomic mass is 9.79. The average molecular weight is 178 g/mol. The zero-order valence-corrected chi connectivity index (χ0v) is 8.17. The summed E-state index contributed by atoms with van der Waals surface area (Å²) in [6.45, 7) is 3.73. The Kier molecular flexibility index (Phi) is 1.53. The standard InChI is InChI=1S/C12H18O/c1-2-13-12-7-6-9(8-12)10-4-3-5-11(10)12/h2,9-11H,1,3-8H2. The summed E-state index contributed by atoms with van der Waals surface area (Å²) >= 11 is 0. The second-order valence-electron chi connectivity index (χ2n) is 5.05. The van der Waals surface area contributed by atoms with Crippen LogP contribution in [0.4, 0.5) is 0 Å². The Balaban J connectivity index is 1.91. The highest BCUT2D eigenvalue weighted by Crippen LogP contribution is 2.62. The van der Waals surface area contributed by atoms with Crippen LogP contribution in [-0.4, -0.2) is 5.60 Å². The number of ether oxygens (including phenoxy) is 1. The fourth-order valence-corrected chi connectivity index (χ4v) is 4.35. The minimum absolute atomic E-state index is 0.244. The fraction of sp³-hybridized carbons (Fsp3) is 0.833. The molecule has 3 aliphatic rings. The molecule has 0 N–H and O–H groups in total. The molecule has 0 saturated heterocycles. The molecule has 0 heterocycles. The molecule has 4 unspecified atom stereocenters. The van der Waals surface area contributed by atoms with Gasteiger partial charge in [-0.15, -0.1) is 0 Å². The van der Waals surface area contributed by atoms with Gasteiger partial charge in [0.2, 0.25) is 0 Å². The van der Waals surface area contributed by atoms with Gasteiger partial charge in [-0.05, 0) is 43.9 Å². The summed E-state index contributed by atoms with van der Waals surface area (Å²) < 4.78 is 5.86. The van der Waals surface area contributed by atoms with Gasteiger partial charge in [0, 0.05) is 5.92 Å². The van der Waals surface area contributed by atoms with Crippen molar-refractivity contribution in [3.8, 4) is 0 Å². The van der Waals surface area contributed by atoms with E-state index in [0.29, 0.717) is 0 Å². The van der Waals surface area contributed by atoms with Gasteiger partial charge < -0.3 is 4.74 Å². The maximum Gasteiger partial charge on any atom is 0.111 e. The summed E-state index contributed by atoms with van der Waals surface area (Å²) in [5.74, 6) is 2.88. The molecule has 0 aromatic heterocycles. The van der Waals surface area contributed by atoms with Gasteiger partial charge in [0.1, 0.15) is 5.60 Å². The van der Waals surface area contributed by atoms with E-state index < -0.39 is 0 Å². The van der Waals surface area contributed by atoms with Crippen LogP contribution in [0.15, 0.2) is 12.8 Å². The third kappa shape index (κ3) is 0.880. The first-order valence-corrected chi connectivity index (χ1v) is 5.64. The molecule has 3 fully saturated rings. The molecule has 0 aliphatic heterocycles. The minimum atomic E-state index is 0.244. The first-order chi connectivity index (χ1) is 6.36. The molecule has 13 heavy (non-hydrogen) atoms. The number of hydrogen-bond donors (Lipinski definition) is 0. The average Bonchev–Trinajstić information content (AvgIpc) is 2.73. The molecular weight excluding hydrogens is 160 g/mol. The monoisotopic (exact) mass is 178 g/mol. The van der Waals surface area contributed by atoms with Gasteiger partial charge in [0.25, 0.3) is 0 Å². The first-order valence-electron chi connectivity index (χ1n) is 5.64. The van der Waals surface area contributed by atoms with Gasteiger partial charge >= 0.3 is 0 Å². The highest BCUT2D eigenvalue weighted by molar-refractivity contribution is 5.10. The van der Waals surface area contributed by atoms with E-state index in [1.54, 1.807) is 6.26 Å². The van der Waals surface area contributed by atoms with E-state index in [4.69, 9.17) is 4.74 Å². The molecule has 3 saturated carbocycles. The van der Waals surface area contributed by atoms with E-state index in [2.05, 4.69) is 6.58 Å². The molecule has 3 rings (SSSR count). The van der Waals surface area contributed by atoms with Gasteiger partial charge in [-0.25, -0.2) is 0 Å². The molecule has 0 aromatic rings. The Hall–Kier alpha value is -0.460. The lowest BCUT2D eigenvalue weighted by Gasteiger charge is -2.35. The summed E-state index contributed by atoms with van der Waals surface area (Å²) in [5.41, 5.74) is 0.244. The van der Waals surface area contributed by atoms with E-state index in [1.807, 2.05) is 0 Å². The SMILES string of the molecule is C=COC12CCC(C1)C1CCCC12. The summed E-state index contributed by atoms with van der Waals surface area (Å²) in [4.78, 5) is 0. The van der Waals surface area contributed by atoms with Crippen LogP contribution in [0.1, 0.15) is 38.5 Å². The van der Waals surface area contributed by atoms with Gasteiger partial charge in [-0.3, -0.25) is 0 Å². The van der Waals surface area contributed by atoms with Crippen molar-refractivity contribution >= 4 is 0 Å². The number of hydrogen-bond acceptors (Lipinski definition) is 1. The van der Waals surface area contributed by atoms with E-state index in [1.165, 1.54) is 38.5 Å². The van der Waals surface area contributed by atoms with Crippen LogP contribution >= 0.6 is 0 Å². The Morgan fingerprint density at radius 2 is 2.23 bits per heavy atom. The van der Waals surface area contributed by atoms with E-state index in [9.17, 15) is 0 Å². The zero-order valence-electron chi connectivity index (χ0n) is 8.17. The molecule has 0 amide bonds. The van der Waals surface area contributed by atoms with E-state index in [-0.39, 0.29) is 5.60 Å². The maximum absolute atomic E-state index is 5.86. The lowest BCUT2D eigenvalue weighted by molar-refractivity contribution is -0.0202. The van der Waals surface area contributed by atoms with Crippen LogP contribution in [0.25, 0.3) is 0 Å². The van der Waals surface area contributed by atoms with E-state index in [0.717, 1.165) is 17.8 Å². The van der Waals surface area contributed by atoms with Crippen molar-refractivity contribution in [2.75, 3.05) is 0 Å². The summed E-state index contributed by atoms with van der Waals surface area (Å²) in [6.07, 6.45) is 10.0. The number of rotatable bonds is 2. The van der Waals surface area contributed by atoms with Crippen LogP contribution in [0.3, 0.4) is 0 Å². The molecule has 4 atom stereocenters. The van der Waals surface area contributed by atoms with E-state index >= 15 is 0 Å². The van der Waals surface area contributed by atoms with Gasteiger partial charge in [-0.1, -0.05) is 13.0 Å². The maximum atomic E-state index is 5.86. The van der Waals surface area contributed by atoms with Gasteiger partial charge in [0.05, 0.1) is 6.26 Å². The van der Waals surface area contributed by atoms with Crippen molar-refractivity contribution in [2.45, 2.75) is 44.1 Å². The summed E-state index contributed by atoms with van der Waals surface area (Å²) in [6, 6.07) is 0. The second-order valence-corrected chi connectivity index (χ2v) is 5.05. The van der Waals surface area contributed by atoms with Crippen LogP contribution in [0.5, 0.6) is 0 Å². The quantitative estimate of drug-likeness (QED) is 0.590. The highest BCUT2D eigenvalue weighted by Gasteiger charge is 2.60. The molecule has 1 nitrogen and oxygen atoms in total. The highest BCUT2D eigenvalue weighted by atomic mass is 16.5. The molecule has 1 heteroatoms. The molecular formula is C12H18O. The molecule has 0 radical (unpaired) electrons. The van der Waals surface area contributed by atoms with Crippen molar-refractivity contribution in [3.05, 3.63) is 12.8 Å². The van der Waals surface area contributed by atoms with Crippen molar-refractivity contribution in [2.24, 2.45) is 17.8 Å². The Morgan fingerprint density at radius 1 is 1.31 bits per heavy atom. The van der Waals surface area contributed by atoms with Crippen LogP contribution in [-0.2, 0) is 4.74 Å². The van der Waals surface area contributed by atoms with Crippen LogP contribution < -0.4 is 0 Å². The van der Waals surface area contributed by atoms with Gasteiger partial charge in [0.15, 0.2) is 0 Å². The van der Waals surface area contributed by atoms with Gasteiger partial charge in [-0.2, -0.15) is 0 Å². The lowest BCUT2D eigenvalue weighted by Crippen LogP contribution is -2.35. The summed E-state index contributed by atoms with van der Waals surface area (Å²) in [7, 11) is 0. The minimum Gasteiger partial charge on any atom is -0.495 e. The molecule has 2 bridgehead atoms.